The molecule has 0 amide bonds. The summed E-state index contributed by atoms with van der Waals surface area (Å²) in [5.41, 5.74) is 0. The zero-order valence-corrected chi connectivity index (χ0v) is 12.5. The molecule has 0 aliphatic heterocycles. The minimum atomic E-state index is -0.407. The van der Waals surface area contributed by atoms with Crippen molar-refractivity contribution in [1.29, 1.82) is 0 Å². The summed E-state index contributed by atoms with van der Waals surface area (Å²) < 4.78 is 10.3. The Morgan fingerprint density at radius 1 is 1.00 bits per heavy atom. The predicted octanol–water partition coefficient (Wildman–Crippen LogP) is 3.40. The van der Waals surface area contributed by atoms with E-state index in [2.05, 4.69) is 0 Å². The molecule has 0 aromatic carbocycles. The fourth-order valence-corrected chi connectivity index (χ4v) is 1.69. The summed E-state index contributed by atoms with van der Waals surface area (Å²) in [7, 11) is 0. The molecule has 0 spiro atoms. The Labute approximate surface area is 116 Å². The lowest BCUT2D eigenvalue weighted by Gasteiger charge is -2.11. The third-order valence-electron chi connectivity index (χ3n) is 2.58. The van der Waals surface area contributed by atoms with Crippen molar-refractivity contribution in [3.63, 3.8) is 0 Å². The molecule has 0 saturated carbocycles. The van der Waals surface area contributed by atoms with Gasteiger partial charge in [0.25, 0.3) is 0 Å². The van der Waals surface area contributed by atoms with E-state index < -0.39 is 5.97 Å². The van der Waals surface area contributed by atoms with Crippen molar-refractivity contribution >= 4 is 11.9 Å². The number of ether oxygens (including phenoxy) is 2. The fourth-order valence-electron chi connectivity index (χ4n) is 1.69. The van der Waals surface area contributed by atoms with E-state index in [-0.39, 0.29) is 24.6 Å². The lowest BCUT2D eigenvalue weighted by Crippen LogP contribution is -2.14. The van der Waals surface area contributed by atoms with Gasteiger partial charge in [-0.1, -0.05) is 32.8 Å². The van der Waals surface area contributed by atoms with Gasteiger partial charge in [0.1, 0.15) is 0 Å². The molecule has 0 N–H and O–H groups in total. The van der Waals surface area contributed by atoms with Gasteiger partial charge in [0.2, 0.25) is 0 Å². The van der Waals surface area contributed by atoms with Gasteiger partial charge in [-0.15, -0.1) is 0 Å². The van der Waals surface area contributed by atoms with Gasteiger partial charge in [-0.05, 0) is 26.7 Å². The van der Waals surface area contributed by atoms with Crippen molar-refractivity contribution in [2.24, 2.45) is 0 Å². The molecule has 0 heterocycles. The Morgan fingerprint density at radius 3 is 2.05 bits per heavy atom. The zero-order chi connectivity index (χ0) is 14.7. The predicted molar refractivity (Wildman–Crippen MR) is 74.7 cm³/mol. The molecule has 0 saturated heterocycles. The van der Waals surface area contributed by atoms with E-state index in [0.29, 0.717) is 0 Å². The van der Waals surface area contributed by atoms with Crippen molar-refractivity contribution in [2.45, 2.75) is 72.0 Å². The highest BCUT2D eigenvalue weighted by atomic mass is 16.5. The maximum atomic E-state index is 11.4. The smallest absolute Gasteiger partial charge is 0.330 e. The Balaban J connectivity index is 3.88. The van der Waals surface area contributed by atoms with Crippen LogP contribution >= 0.6 is 0 Å². The van der Waals surface area contributed by atoms with Crippen LogP contribution in [0.5, 0.6) is 0 Å². The molecule has 2 unspecified atom stereocenters. The average molecular weight is 270 g/mol. The minimum absolute atomic E-state index is 0.0672. The van der Waals surface area contributed by atoms with Crippen molar-refractivity contribution in [1.82, 2.24) is 0 Å². The van der Waals surface area contributed by atoms with Gasteiger partial charge < -0.3 is 9.47 Å². The summed E-state index contributed by atoms with van der Waals surface area (Å²) >= 11 is 0. The second kappa shape index (κ2) is 10.6. The van der Waals surface area contributed by atoms with Gasteiger partial charge in [0.15, 0.2) is 0 Å². The maximum Gasteiger partial charge on any atom is 0.330 e. The topological polar surface area (TPSA) is 52.6 Å². The van der Waals surface area contributed by atoms with E-state index in [1.807, 2.05) is 27.7 Å². The molecule has 0 aromatic heterocycles. The van der Waals surface area contributed by atoms with Crippen molar-refractivity contribution < 1.29 is 19.1 Å². The second-order valence-corrected chi connectivity index (χ2v) is 4.73. The number of rotatable bonds is 9. The molecule has 0 rings (SSSR count). The molecule has 0 bridgehead atoms. The highest BCUT2D eigenvalue weighted by molar-refractivity contribution is 5.83. The highest BCUT2D eigenvalue weighted by Crippen LogP contribution is 2.04. The molecule has 4 nitrogen and oxygen atoms in total. The zero-order valence-electron chi connectivity index (χ0n) is 12.5. The van der Waals surface area contributed by atoms with Gasteiger partial charge in [0, 0.05) is 6.08 Å². The first-order valence-corrected chi connectivity index (χ1v) is 7.06. The molecule has 4 heteroatoms. The van der Waals surface area contributed by atoms with Crippen molar-refractivity contribution in [3.05, 3.63) is 12.2 Å². The molecule has 0 aliphatic carbocycles. The number of hydrogen-bond donors (Lipinski definition) is 0. The van der Waals surface area contributed by atoms with E-state index in [1.165, 1.54) is 12.2 Å². The fraction of sp³-hybridized carbons (Fsp3) is 0.733. The van der Waals surface area contributed by atoms with Crippen LogP contribution in [0.2, 0.25) is 0 Å². The van der Waals surface area contributed by atoms with E-state index >= 15 is 0 Å². The monoisotopic (exact) mass is 270 g/mol. The molecule has 0 fully saturated rings. The van der Waals surface area contributed by atoms with Gasteiger partial charge in [0.05, 0.1) is 18.6 Å². The third kappa shape index (κ3) is 10.3. The molecular formula is C15H26O4. The van der Waals surface area contributed by atoms with Crippen LogP contribution < -0.4 is 0 Å². The largest absolute Gasteiger partial charge is 0.462 e. The van der Waals surface area contributed by atoms with E-state index in [1.54, 1.807) is 0 Å². The van der Waals surface area contributed by atoms with Crippen LogP contribution in [0.1, 0.15) is 59.8 Å². The van der Waals surface area contributed by atoms with Gasteiger partial charge >= 0.3 is 11.9 Å². The van der Waals surface area contributed by atoms with Crippen molar-refractivity contribution in [3.8, 4) is 0 Å². The van der Waals surface area contributed by atoms with Gasteiger partial charge in [-0.2, -0.15) is 0 Å². The van der Waals surface area contributed by atoms with Crippen LogP contribution in [-0.2, 0) is 19.1 Å². The number of esters is 2. The van der Waals surface area contributed by atoms with Crippen molar-refractivity contribution in [2.75, 3.05) is 0 Å². The SMILES string of the molecule is CCCC(C)OC(=O)/C=C/CC(=O)OC(C)CCC. The Morgan fingerprint density at radius 2 is 1.53 bits per heavy atom. The first-order chi connectivity index (χ1) is 8.99. The molecule has 19 heavy (non-hydrogen) atoms. The number of hydrogen-bond acceptors (Lipinski definition) is 4. The van der Waals surface area contributed by atoms with Gasteiger partial charge in [-0.25, -0.2) is 4.79 Å². The van der Waals surface area contributed by atoms with E-state index in [4.69, 9.17) is 9.47 Å². The standard InChI is InChI=1S/C15H26O4/c1-5-8-12(3)18-14(16)10-7-11-15(17)19-13(4)9-6-2/h7,10,12-13H,5-6,8-9,11H2,1-4H3/b10-7+. The Bertz CT molecular complexity index is 297. The first-order valence-electron chi connectivity index (χ1n) is 7.06. The normalized spacial score (nSPS) is 14.1. The lowest BCUT2D eigenvalue weighted by atomic mass is 10.2. The van der Waals surface area contributed by atoms with Crippen LogP contribution in [0.4, 0.5) is 0 Å². The van der Waals surface area contributed by atoms with Crippen LogP contribution in [0, 0.1) is 0 Å². The Hall–Kier alpha value is -1.32. The lowest BCUT2D eigenvalue weighted by molar-refractivity contribution is -0.147. The average Bonchev–Trinajstić information content (AvgIpc) is 2.28. The maximum absolute atomic E-state index is 11.4. The summed E-state index contributed by atoms with van der Waals surface area (Å²) in [6.45, 7) is 7.80. The van der Waals surface area contributed by atoms with Gasteiger partial charge in [-0.3, -0.25) is 4.79 Å². The van der Waals surface area contributed by atoms with Crippen LogP contribution in [0.25, 0.3) is 0 Å². The summed E-state index contributed by atoms with van der Waals surface area (Å²) in [6, 6.07) is 0. The summed E-state index contributed by atoms with van der Waals surface area (Å²) in [4.78, 5) is 22.8. The quantitative estimate of drug-likeness (QED) is 0.476. The van der Waals surface area contributed by atoms with Crippen LogP contribution in [0.3, 0.4) is 0 Å². The Kier molecular flexibility index (Phi) is 9.85. The summed E-state index contributed by atoms with van der Waals surface area (Å²) in [6.07, 6.45) is 6.38. The second-order valence-electron chi connectivity index (χ2n) is 4.73. The van der Waals surface area contributed by atoms with Crippen LogP contribution in [0.15, 0.2) is 12.2 Å². The minimum Gasteiger partial charge on any atom is -0.462 e. The number of carbonyl (C=O) groups is 2. The third-order valence-corrected chi connectivity index (χ3v) is 2.58. The summed E-state index contributed by atoms with van der Waals surface area (Å²) in [5.74, 6) is -0.720. The molecule has 0 aromatic rings. The highest BCUT2D eigenvalue weighted by Gasteiger charge is 2.08. The number of carbonyl (C=O) groups excluding carboxylic acids is 2. The molecule has 0 radical (unpaired) electrons. The molecule has 0 aliphatic rings. The van der Waals surface area contributed by atoms with Crippen LogP contribution in [-0.4, -0.2) is 24.1 Å². The molecule has 2 atom stereocenters. The first kappa shape index (κ1) is 17.7. The molecule has 110 valence electrons. The summed E-state index contributed by atoms with van der Waals surface area (Å²) in [5, 5.41) is 0. The molecular weight excluding hydrogens is 244 g/mol. The van der Waals surface area contributed by atoms with E-state index in [9.17, 15) is 9.59 Å². The van der Waals surface area contributed by atoms with E-state index in [0.717, 1.165) is 25.7 Å².